The number of carbonyl (C=O) groups is 3. The number of unbranched alkanes of at least 4 members (excludes halogenated alkanes) is 30. The van der Waals surface area contributed by atoms with Crippen LogP contribution in [0.2, 0.25) is 0 Å². The molecule has 1 atom stereocenters. The molecule has 398 valence electrons. The fraction of sp³-hybridized carbons (Fsp3) is 0.762. The molecule has 6 nitrogen and oxygen atoms in total. The van der Waals surface area contributed by atoms with Gasteiger partial charge in [-0.3, -0.25) is 14.4 Å². The van der Waals surface area contributed by atoms with Gasteiger partial charge < -0.3 is 14.2 Å². The van der Waals surface area contributed by atoms with Crippen LogP contribution in [-0.4, -0.2) is 37.2 Å². The van der Waals surface area contributed by atoms with Crippen LogP contribution >= 0.6 is 0 Å². The van der Waals surface area contributed by atoms with E-state index < -0.39 is 6.10 Å². The van der Waals surface area contributed by atoms with Gasteiger partial charge >= 0.3 is 17.9 Å². The molecule has 0 aliphatic carbocycles. The second kappa shape index (κ2) is 57.4. The zero-order valence-corrected chi connectivity index (χ0v) is 45.6. The fourth-order valence-electron chi connectivity index (χ4n) is 8.29. The molecule has 1 unspecified atom stereocenters. The van der Waals surface area contributed by atoms with Crippen LogP contribution in [0.15, 0.2) is 72.9 Å². The predicted octanol–water partition coefficient (Wildman–Crippen LogP) is 19.8. The van der Waals surface area contributed by atoms with E-state index in [0.29, 0.717) is 19.3 Å². The molecule has 0 saturated carbocycles. The Labute approximate surface area is 427 Å². The largest absolute Gasteiger partial charge is 0.462 e. The molecule has 0 aromatic heterocycles. The lowest BCUT2D eigenvalue weighted by molar-refractivity contribution is -0.167. The number of hydrogen-bond acceptors (Lipinski definition) is 6. The molecule has 0 aliphatic heterocycles. The quantitative estimate of drug-likeness (QED) is 0.0262. The molecular formula is C63H110O6. The Hall–Kier alpha value is -3.15. The van der Waals surface area contributed by atoms with E-state index in [1.54, 1.807) is 0 Å². The normalized spacial score (nSPS) is 12.6. The minimum Gasteiger partial charge on any atom is -0.462 e. The zero-order chi connectivity index (χ0) is 50.0. The van der Waals surface area contributed by atoms with Crippen molar-refractivity contribution in [2.75, 3.05) is 13.2 Å². The van der Waals surface area contributed by atoms with Gasteiger partial charge in [-0.2, -0.15) is 0 Å². The number of carbonyl (C=O) groups excluding carboxylic acids is 3. The summed E-state index contributed by atoms with van der Waals surface area (Å²) >= 11 is 0. The van der Waals surface area contributed by atoms with E-state index in [4.69, 9.17) is 14.2 Å². The molecule has 0 bridgehead atoms. The number of hydrogen-bond donors (Lipinski definition) is 0. The molecule has 0 aromatic carbocycles. The van der Waals surface area contributed by atoms with Gasteiger partial charge in [0.1, 0.15) is 13.2 Å². The first-order valence-electron chi connectivity index (χ1n) is 29.4. The van der Waals surface area contributed by atoms with Gasteiger partial charge in [0.25, 0.3) is 0 Å². The number of allylic oxidation sites excluding steroid dienone is 12. The average Bonchev–Trinajstić information content (AvgIpc) is 3.35. The van der Waals surface area contributed by atoms with Crippen molar-refractivity contribution in [3.05, 3.63) is 72.9 Å². The van der Waals surface area contributed by atoms with E-state index in [-0.39, 0.29) is 31.1 Å². The van der Waals surface area contributed by atoms with E-state index in [1.165, 1.54) is 148 Å². The Balaban J connectivity index is 3.92. The van der Waals surface area contributed by atoms with Gasteiger partial charge in [0, 0.05) is 19.3 Å². The zero-order valence-electron chi connectivity index (χ0n) is 45.6. The first kappa shape index (κ1) is 65.8. The molecule has 0 amide bonds. The number of ether oxygens (including phenoxy) is 3. The maximum absolute atomic E-state index is 12.7. The smallest absolute Gasteiger partial charge is 0.306 e. The van der Waals surface area contributed by atoms with Crippen molar-refractivity contribution in [3.63, 3.8) is 0 Å². The van der Waals surface area contributed by atoms with E-state index in [1.807, 2.05) is 0 Å². The third-order valence-corrected chi connectivity index (χ3v) is 12.7. The highest BCUT2D eigenvalue weighted by atomic mass is 16.6. The van der Waals surface area contributed by atoms with Crippen molar-refractivity contribution in [3.8, 4) is 0 Å². The van der Waals surface area contributed by atoms with E-state index >= 15 is 0 Å². The maximum atomic E-state index is 12.7. The summed E-state index contributed by atoms with van der Waals surface area (Å²) in [7, 11) is 0. The molecule has 0 aliphatic rings. The van der Waals surface area contributed by atoms with Crippen LogP contribution in [0.4, 0.5) is 0 Å². The lowest BCUT2D eigenvalue weighted by Crippen LogP contribution is -2.30. The standard InChI is InChI=1S/C63H110O6/c1-4-7-10-13-15-17-19-21-22-23-24-25-26-27-28-29-30-31-32-33-34-35-36-37-38-39-40-42-43-45-47-50-53-56-62(65)68-59-60(58-67-61(64)55-52-49-12-9-6-3)69-63(66)57-54-51-48-46-44-41-20-18-16-14-11-8-5-2/h8,11,16,18-19,21,23-24,26-27,41,44,60H,4-7,9-10,12-15,17,20,22,25,28-40,42-43,45-59H2,1-3H3/b11-8-,18-16-,21-19-,24-23-,27-26-,44-41-. The summed E-state index contributed by atoms with van der Waals surface area (Å²) in [4.78, 5) is 37.7. The SMILES string of the molecule is CC/C=C\C/C=C\C/C=C\CCCCCC(=O)OC(COC(=O)CCCCCCC)COC(=O)CCCCCCCCCCCCCCCCCCCC/C=C\C/C=C\C/C=C\CCCCCCC. The summed E-state index contributed by atoms with van der Waals surface area (Å²) in [5, 5.41) is 0. The van der Waals surface area contributed by atoms with Crippen molar-refractivity contribution in [2.45, 2.75) is 297 Å². The highest BCUT2D eigenvalue weighted by Crippen LogP contribution is 2.16. The third-order valence-electron chi connectivity index (χ3n) is 12.7. The Bertz CT molecular complexity index is 1290. The van der Waals surface area contributed by atoms with E-state index in [0.717, 1.165) is 103 Å². The second-order valence-corrected chi connectivity index (χ2v) is 19.5. The average molecular weight is 964 g/mol. The number of esters is 3. The van der Waals surface area contributed by atoms with Crippen LogP contribution in [0.3, 0.4) is 0 Å². The van der Waals surface area contributed by atoms with Gasteiger partial charge in [-0.25, -0.2) is 0 Å². The Morgan fingerprint density at radius 3 is 0.899 bits per heavy atom. The summed E-state index contributed by atoms with van der Waals surface area (Å²) < 4.78 is 16.7. The predicted molar refractivity (Wildman–Crippen MR) is 298 cm³/mol. The Morgan fingerprint density at radius 1 is 0.304 bits per heavy atom. The first-order chi connectivity index (χ1) is 34.0. The van der Waals surface area contributed by atoms with Crippen LogP contribution in [0.5, 0.6) is 0 Å². The highest BCUT2D eigenvalue weighted by molar-refractivity contribution is 5.71. The first-order valence-corrected chi connectivity index (χ1v) is 29.4. The van der Waals surface area contributed by atoms with Crippen molar-refractivity contribution < 1.29 is 28.6 Å². The molecule has 69 heavy (non-hydrogen) atoms. The van der Waals surface area contributed by atoms with Gasteiger partial charge in [0.15, 0.2) is 6.10 Å². The summed E-state index contributed by atoms with van der Waals surface area (Å²) in [5.41, 5.74) is 0. The second-order valence-electron chi connectivity index (χ2n) is 19.5. The van der Waals surface area contributed by atoms with Crippen LogP contribution in [0, 0.1) is 0 Å². The molecule has 0 spiro atoms. The van der Waals surface area contributed by atoms with Gasteiger partial charge in [0.05, 0.1) is 0 Å². The molecule has 0 radical (unpaired) electrons. The van der Waals surface area contributed by atoms with Crippen LogP contribution in [-0.2, 0) is 28.6 Å². The van der Waals surface area contributed by atoms with Crippen LogP contribution < -0.4 is 0 Å². The molecule has 0 N–H and O–H groups in total. The summed E-state index contributed by atoms with van der Waals surface area (Å²) in [5.74, 6) is -0.924. The van der Waals surface area contributed by atoms with Crippen LogP contribution in [0.1, 0.15) is 290 Å². The molecule has 6 heteroatoms. The molecular weight excluding hydrogens is 853 g/mol. The van der Waals surface area contributed by atoms with Crippen molar-refractivity contribution in [1.29, 1.82) is 0 Å². The number of rotatable bonds is 53. The van der Waals surface area contributed by atoms with Crippen molar-refractivity contribution in [2.24, 2.45) is 0 Å². The molecule has 0 saturated heterocycles. The van der Waals surface area contributed by atoms with Gasteiger partial charge in [0.2, 0.25) is 0 Å². The van der Waals surface area contributed by atoms with E-state index in [9.17, 15) is 14.4 Å². The lowest BCUT2D eigenvalue weighted by Gasteiger charge is -2.18. The minimum atomic E-state index is -0.784. The third kappa shape index (κ3) is 55.6. The van der Waals surface area contributed by atoms with Crippen molar-refractivity contribution >= 4 is 17.9 Å². The summed E-state index contributed by atoms with van der Waals surface area (Å²) in [6.07, 6.45) is 74.0. The molecule has 0 aromatic rings. The Morgan fingerprint density at radius 2 is 0.565 bits per heavy atom. The monoisotopic (exact) mass is 963 g/mol. The Kier molecular flexibility index (Phi) is 54.8. The summed E-state index contributed by atoms with van der Waals surface area (Å²) in [6, 6.07) is 0. The molecule has 0 rings (SSSR count). The fourth-order valence-corrected chi connectivity index (χ4v) is 8.29. The topological polar surface area (TPSA) is 78.9 Å². The van der Waals surface area contributed by atoms with Gasteiger partial charge in [-0.05, 0) is 89.9 Å². The van der Waals surface area contributed by atoms with E-state index in [2.05, 4.69) is 93.7 Å². The summed E-state index contributed by atoms with van der Waals surface area (Å²) in [6.45, 7) is 6.41. The van der Waals surface area contributed by atoms with Crippen LogP contribution in [0.25, 0.3) is 0 Å². The van der Waals surface area contributed by atoms with Crippen molar-refractivity contribution in [1.82, 2.24) is 0 Å². The molecule has 0 fully saturated rings. The minimum absolute atomic E-state index is 0.0853. The lowest BCUT2D eigenvalue weighted by atomic mass is 10.0. The highest BCUT2D eigenvalue weighted by Gasteiger charge is 2.19. The molecule has 0 heterocycles. The maximum Gasteiger partial charge on any atom is 0.306 e. The van der Waals surface area contributed by atoms with Gasteiger partial charge in [-0.15, -0.1) is 0 Å². The van der Waals surface area contributed by atoms with Gasteiger partial charge in [-0.1, -0.05) is 254 Å².